The van der Waals surface area contributed by atoms with E-state index >= 15 is 0 Å². The molecule has 2 bridgehead atoms. The van der Waals surface area contributed by atoms with Crippen LogP contribution in [-0.2, 0) is 6.54 Å². The SMILES string of the molecule is C(=C1\C(NCc2ccccc2)C2CCN1CC2)/c1cccc(Oc2ccccc2)c1. The van der Waals surface area contributed by atoms with Gasteiger partial charge in [-0.25, -0.2) is 0 Å². The zero-order valence-corrected chi connectivity index (χ0v) is 17.2. The molecule has 3 aliphatic rings. The topological polar surface area (TPSA) is 24.5 Å². The predicted molar refractivity (Wildman–Crippen MR) is 122 cm³/mol. The molecule has 3 nitrogen and oxygen atoms in total. The number of hydrogen-bond donors (Lipinski definition) is 1. The normalized spacial score (nSPS) is 21.7. The van der Waals surface area contributed by atoms with Gasteiger partial charge in [-0.2, -0.15) is 0 Å². The van der Waals surface area contributed by atoms with Crippen LogP contribution in [0.3, 0.4) is 0 Å². The fourth-order valence-electron chi connectivity index (χ4n) is 4.67. The quantitative estimate of drug-likeness (QED) is 0.578. The summed E-state index contributed by atoms with van der Waals surface area (Å²) in [4.78, 5) is 2.56. The molecule has 0 aromatic heterocycles. The third kappa shape index (κ3) is 4.27. The lowest BCUT2D eigenvalue weighted by Gasteiger charge is -2.48. The molecule has 3 fully saturated rings. The van der Waals surface area contributed by atoms with Crippen LogP contribution in [0.4, 0.5) is 0 Å². The van der Waals surface area contributed by atoms with Crippen LogP contribution in [0.15, 0.2) is 90.6 Å². The van der Waals surface area contributed by atoms with Gasteiger partial charge in [0, 0.05) is 25.3 Å². The number of rotatable bonds is 6. The van der Waals surface area contributed by atoms with Crippen LogP contribution in [0.5, 0.6) is 11.5 Å². The van der Waals surface area contributed by atoms with Crippen molar-refractivity contribution in [3.8, 4) is 11.5 Å². The molecule has 3 saturated heterocycles. The van der Waals surface area contributed by atoms with Crippen molar-refractivity contribution in [2.45, 2.75) is 25.4 Å². The van der Waals surface area contributed by atoms with Gasteiger partial charge in [0.2, 0.25) is 0 Å². The summed E-state index contributed by atoms with van der Waals surface area (Å²) in [6, 6.07) is 29.5. The Morgan fingerprint density at radius 2 is 1.53 bits per heavy atom. The van der Waals surface area contributed by atoms with Crippen molar-refractivity contribution in [2.24, 2.45) is 5.92 Å². The number of para-hydroxylation sites is 1. The molecule has 0 aliphatic carbocycles. The molecule has 30 heavy (non-hydrogen) atoms. The van der Waals surface area contributed by atoms with Crippen molar-refractivity contribution in [1.82, 2.24) is 10.2 Å². The van der Waals surface area contributed by atoms with E-state index in [9.17, 15) is 0 Å². The maximum atomic E-state index is 6.04. The molecule has 1 N–H and O–H groups in total. The van der Waals surface area contributed by atoms with E-state index in [0.717, 1.165) is 18.0 Å². The van der Waals surface area contributed by atoms with Gasteiger partial charge in [0.05, 0.1) is 6.04 Å². The Labute approximate surface area is 179 Å². The third-order valence-corrected chi connectivity index (χ3v) is 6.22. The number of nitrogens with one attached hydrogen (secondary N) is 1. The van der Waals surface area contributed by atoms with Crippen LogP contribution in [0, 0.1) is 5.92 Å². The summed E-state index contributed by atoms with van der Waals surface area (Å²) in [5, 5.41) is 3.85. The van der Waals surface area contributed by atoms with E-state index in [0.29, 0.717) is 12.0 Å². The average molecular weight is 397 g/mol. The molecule has 0 amide bonds. The highest BCUT2D eigenvalue weighted by atomic mass is 16.5. The first-order chi connectivity index (χ1) is 14.8. The van der Waals surface area contributed by atoms with Crippen molar-refractivity contribution in [1.29, 1.82) is 0 Å². The first-order valence-electron chi connectivity index (χ1n) is 10.9. The minimum absolute atomic E-state index is 0.409. The fourth-order valence-corrected chi connectivity index (χ4v) is 4.67. The van der Waals surface area contributed by atoms with E-state index in [1.54, 1.807) is 0 Å². The van der Waals surface area contributed by atoms with Gasteiger partial charge in [0.1, 0.15) is 11.5 Å². The van der Waals surface area contributed by atoms with Gasteiger partial charge in [-0.05, 0) is 60.2 Å². The van der Waals surface area contributed by atoms with E-state index in [-0.39, 0.29) is 0 Å². The molecule has 1 atom stereocenters. The van der Waals surface area contributed by atoms with E-state index in [1.165, 1.54) is 42.8 Å². The summed E-state index contributed by atoms with van der Waals surface area (Å²) in [5.41, 5.74) is 3.95. The lowest BCUT2D eigenvalue weighted by Crippen LogP contribution is -2.54. The van der Waals surface area contributed by atoms with E-state index in [4.69, 9.17) is 4.74 Å². The van der Waals surface area contributed by atoms with Gasteiger partial charge in [-0.1, -0.05) is 60.7 Å². The number of benzene rings is 3. The Morgan fingerprint density at radius 3 is 2.30 bits per heavy atom. The Balaban J connectivity index is 1.37. The molecule has 0 radical (unpaired) electrons. The van der Waals surface area contributed by atoms with Crippen LogP contribution in [0.2, 0.25) is 0 Å². The van der Waals surface area contributed by atoms with Gasteiger partial charge in [0.15, 0.2) is 0 Å². The predicted octanol–water partition coefficient (Wildman–Crippen LogP) is 5.70. The van der Waals surface area contributed by atoms with Gasteiger partial charge in [-0.3, -0.25) is 0 Å². The average Bonchev–Trinajstić information content (AvgIpc) is 2.81. The molecule has 1 unspecified atom stereocenters. The first-order valence-corrected chi connectivity index (χ1v) is 10.9. The first kappa shape index (κ1) is 19.0. The molecule has 3 aliphatic heterocycles. The number of hydrogen-bond acceptors (Lipinski definition) is 3. The van der Waals surface area contributed by atoms with Crippen LogP contribution in [-0.4, -0.2) is 24.0 Å². The summed E-state index contributed by atoms with van der Waals surface area (Å²) in [5.74, 6) is 2.46. The van der Waals surface area contributed by atoms with Crippen LogP contribution < -0.4 is 10.1 Å². The molecule has 0 saturated carbocycles. The summed E-state index contributed by atoms with van der Waals surface area (Å²) in [7, 11) is 0. The van der Waals surface area contributed by atoms with Crippen molar-refractivity contribution >= 4 is 6.08 Å². The van der Waals surface area contributed by atoms with Gasteiger partial charge in [-0.15, -0.1) is 0 Å². The van der Waals surface area contributed by atoms with Crippen LogP contribution in [0.25, 0.3) is 6.08 Å². The maximum Gasteiger partial charge on any atom is 0.128 e. The zero-order valence-electron chi connectivity index (χ0n) is 17.2. The molecule has 0 spiro atoms. The Morgan fingerprint density at radius 1 is 0.833 bits per heavy atom. The van der Waals surface area contributed by atoms with Gasteiger partial charge < -0.3 is 15.0 Å². The van der Waals surface area contributed by atoms with Crippen molar-refractivity contribution in [3.63, 3.8) is 0 Å². The number of fused-ring (bicyclic) bond motifs is 3. The second-order valence-electron chi connectivity index (χ2n) is 8.23. The molecule has 6 rings (SSSR count). The van der Waals surface area contributed by atoms with Gasteiger partial charge in [0.25, 0.3) is 0 Å². The summed E-state index contributed by atoms with van der Waals surface area (Å²) >= 11 is 0. The minimum atomic E-state index is 0.409. The second-order valence-corrected chi connectivity index (χ2v) is 8.23. The summed E-state index contributed by atoms with van der Waals surface area (Å²) < 4.78 is 6.04. The highest BCUT2D eigenvalue weighted by molar-refractivity contribution is 5.57. The minimum Gasteiger partial charge on any atom is -0.457 e. The van der Waals surface area contributed by atoms with E-state index in [1.807, 2.05) is 36.4 Å². The standard InChI is InChI=1S/C27H28N2O/c1-3-8-21(9-4-1)20-28-27-23-14-16-29(17-15-23)26(27)19-22-10-7-13-25(18-22)30-24-11-5-2-6-12-24/h1-13,18-19,23,27-28H,14-17,20H2/b26-19-. The van der Waals surface area contributed by atoms with Crippen molar-refractivity contribution in [2.75, 3.05) is 13.1 Å². The number of piperidine rings is 3. The lowest BCUT2D eigenvalue weighted by atomic mass is 9.81. The third-order valence-electron chi connectivity index (χ3n) is 6.22. The molecule has 3 aromatic carbocycles. The smallest absolute Gasteiger partial charge is 0.128 e. The largest absolute Gasteiger partial charge is 0.457 e. The Hall–Kier alpha value is -3.04. The fraction of sp³-hybridized carbons (Fsp3) is 0.259. The molecule has 3 aromatic rings. The summed E-state index contributed by atoms with van der Waals surface area (Å²) in [6.07, 6.45) is 4.91. The molecular formula is C27H28N2O. The summed E-state index contributed by atoms with van der Waals surface area (Å²) in [6.45, 7) is 3.24. The monoisotopic (exact) mass is 396 g/mol. The molecule has 152 valence electrons. The Kier molecular flexibility index (Phi) is 5.54. The molecule has 3 heterocycles. The highest BCUT2D eigenvalue weighted by Crippen LogP contribution is 2.36. The van der Waals surface area contributed by atoms with E-state index < -0.39 is 0 Å². The van der Waals surface area contributed by atoms with Crippen LogP contribution in [0.1, 0.15) is 24.0 Å². The van der Waals surface area contributed by atoms with Gasteiger partial charge >= 0.3 is 0 Å². The number of nitrogens with zero attached hydrogens (tertiary/aromatic N) is 1. The molecule has 3 heteroatoms. The lowest BCUT2D eigenvalue weighted by molar-refractivity contribution is 0.123. The number of ether oxygens (including phenoxy) is 1. The van der Waals surface area contributed by atoms with E-state index in [2.05, 4.69) is 64.8 Å². The maximum absolute atomic E-state index is 6.04. The second kappa shape index (κ2) is 8.76. The van der Waals surface area contributed by atoms with Crippen molar-refractivity contribution < 1.29 is 4.74 Å². The highest BCUT2D eigenvalue weighted by Gasteiger charge is 2.37. The van der Waals surface area contributed by atoms with Crippen LogP contribution >= 0.6 is 0 Å². The molecular weight excluding hydrogens is 368 g/mol. The Bertz CT molecular complexity index is 992. The zero-order chi connectivity index (χ0) is 20.2. The van der Waals surface area contributed by atoms with Crippen molar-refractivity contribution in [3.05, 3.63) is 102 Å².